The third kappa shape index (κ3) is 3.05. The lowest BCUT2D eigenvalue weighted by Crippen LogP contribution is -2.02. The van der Waals surface area contributed by atoms with Crippen molar-refractivity contribution in [2.75, 3.05) is 6.61 Å². The average Bonchev–Trinajstić information content (AvgIpc) is 2.15. The van der Waals surface area contributed by atoms with E-state index >= 15 is 0 Å². The third-order valence-electron chi connectivity index (χ3n) is 2.43. The zero-order chi connectivity index (χ0) is 9.68. The van der Waals surface area contributed by atoms with Crippen LogP contribution in [0.15, 0.2) is 22.8 Å². The van der Waals surface area contributed by atoms with Gasteiger partial charge in [0.25, 0.3) is 6.47 Å². The minimum absolute atomic E-state index is 0.472. The highest BCUT2D eigenvalue weighted by Gasteiger charge is 2.08. The molecule has 13 heavy (non-hydrogen) atoms. The van der Waals surface area contributed by atoms with Crippen LogP contribution in [-0.2, 0) is 9.53 Å². The molecule has 0 unspecified atom stereocenters. The normalized spacial score (nSPS) is 16.5. The number of carbonyl (C=O) groups excluding carboxylic acids is 1. The van der Waals surface area contributed by atoms with Gasteiger partial charge in [-0.1, -0.05) is 17.2 Å². The zero-order valence-electron chi connectivity index (χ0n) is 8.30. The van der Waals surface area contributed by atoms with Crippen molar-refractivity contribution < 1.29 is 9.53 Å². The number of ether oxygens (including phenoxy) is 1. The maximum Gasteiger partial charge on any atom is 0.293 e. The molecular weight excluding hydrogens is 164 g/mol. The molecule has 1 rings (SSSR count). The summed E-state index contributed by atoms with van der Waals surface area (Å²) in [6, 6.07) is 0. The van der Waals surface area contributed by atoms with Crippen molar-refractivity contribution in [3.05, 3.63) is 22.8 Å². The molecule has 0 heterocycles. The molecular formula is C11H16O2. The largest absolute Gasteiger partial charge is 0.463 e. The van der Waals surface area contributed by atoms with E-state index in [-0.39, 0.29) is 0 Å². The van der Waals surface area contributed by atoms with E-state index in [9.17, 15) is 4.79 Å². The Morgan fingerprint density at radius 1 is 1.54 bits per heavy atom. The van der Waals surface area contributed by atoms with Crippen molar-refractivity contribution in [3.63, 3.8) is 0 Å². The van der Waals surface area contributed by atoms with Gasteiger partial charge in [-0.25, -0.2) is 0 Å². The van der Waals surface area contributed by atoms with Gasteiger partial charge < -0.3 is 4.74 Å². The van der Waals surface area contributed by atoms with Crippen LogP contribution in [0.4, 0.5) is 0 Å². The first-order valence-corrected chi connectivity index (χ1v) is 4.62. The number of hydrogen-bond acceptors (Lipinski definition) is 2. The molecule has 0 atom stereocenters. The molecule has 0 fully saturated rings. The second-order valence-corrected chi connectivity index (χ2v) is 3.58. The van der Waals surface area contributed by atoms with Gasteiger partial charge in [0, 0.05) is 0 Å². The van der Waals surface area contributed by atoms with Crippen molar-refractivity contribution in [2.45, 2.75) is 33.1 Å². The van der Waals surface area contributed by atoms with Gasteiger partial charge in [0.2, 0.25) is 0 Å². The van der Waals surface area contributed by atoms with E-state index in [1.54, 1.807) is 0 Å². The van der Waals surface area contributed by atoms with E-state index in [4.69, 9.17) is 4.74 Å². The quantitative estimate of drug-likeness (QED) is 0.493. The highest BCUT2D eigenvalue weighted by atomic mass is 16.5. The van der Waals surface area contributed by atoms with Gasteiger partial charge >= 0.3 is 0 Å². The van der Waals surface area contributed by atoms with Crippen molar-refractivity contribution in [1.29, 1.82) is 0 Å². The monoisotopic (exact) mass is 180 g/mol. The van der Waals surface area contributed by atoms with E-state index in [1.807, 2.05) is 0 Å². The molecule has 0 saturated carbocycles. The van der Waals surface area contributed by atoms with Crippen LogP contribution >= 0.6 is 0 Å². The summed E-state index contributed by atoms with van der Waals surface area (Å²) in [6.45, 7) is 5.28. The molecule has 0 aliphatic heterocycles. The Labute approximate surface area is 79.3 Å². The van der Waals surface area contributed by atoms with Gasteiger partial charge in [-0.15, -0.1) is 0 Å². The van der Waals surface area contributed by atoms with Crippen LogP contribution in [0.2, 0.25) is 0 Å². The summed E-state index contributed by atoms with van der Waals surface area (Å²) in [5.74, 6) is 0. The first-order chi connectivity index (χ1) is 6.24. The summed E-state index contributed by atoms with van der Waals surface area (Å²) in [7, 11) is 0. The maximum absolute atomic E-state index is 9.96. The fraction of sp³-hybridized carbons (Fsp3) is 0.545. The van der Waals surface area contributed by atoms with Gasteiger partial charge in [0.15, 0.2) is 0 Å². The van der Waals surface area contributed by atoms with Crippen LogP contribution in [0.25, 0.3) is 0 Å². The molecule has 72 valence electrons. The summed E-state index contributed by atoms with van der Waals surface area (Å²) in [6.07, 6.45) is 5.36. The van der Waals surface area contributed by atoms with E-state index < -0.39 is 0 Å². The standard InChI is InChI=1S/C11H16O2/c1-9(2)11-5-3-10(4-6-11)7-13-8-12/h3,8H,4-7H2,1-2H3. The van der Waals surface area contributed by atoms with Crippen LogP contribution in [0.1, 0.15) is 33.1 Å². The molecule has 0 aromatic heterocycles. The molecule has 2 heteroatoms. The van der Waals surface area contributed by atoms with E-state index in [0.717, 1.165) is 19.3 Å². The molecule has 0 N–H and O–H groups in total. The average molecular weight is 180 g/mol. The molecule has 2 nitrogen and oxygen atoms in total. The van der Waals surface area contributed by atoms with Gasteiger partial charge in [0.1, 0.15) is 6.61 Å². The van der Waals surface area contributed by atoms with E-state index in [1.165, 1.54) is 16.7 Å². The Morgan fingerprint density at radius 3 is 2.77 bits per heavy atom. The van der Waals surface area contributed by atoms with Crippen LogP contribution < -0.4 is 0 Å². The van der Waals surface area contributed by atoms with Crippen molar-refractivity contribution in [1.82, 2.24) is 0 Å². The third-order valence-corrected chi connectivity index (χ3v) is 2.43. The van der Waals surface area contributed by atoms with Crippen molar-refractivity contribution in [2.24, 2.45) is 0 Å². The van der Waals surface area contributed by atoms with Crippen LogP contribution in [-0.4, -0.2) is 13.1 Å². The molecule has 0 radical (unpaired) electrons. The van der Waals surface area contributed by atoms with Gasteiger partial charge in [0.05, 0.1) is 0 Å². The summed E-state index contributed by atoms with van der Waals surface area (Å²) >= 11 is 0. The second kappa shape index (κ2) is 4.85. The summed E-state index contributed by atoms with van der Waals surface area (Å²) < 4.78 is 4.70. The number of hydrogen-bond donors (Lipinski definition) is 0. The predicted molar refractivity (Wildman–Crippen MR) is 52.3 cm³/mol. The predicted octanol–water partition coefficient (Wildman–Crippen LogP) is 2.61. The summed E-state index contributed by atoms with van der Waals surface area (Å²) in [5, 5.41) is 0. The van der Waals surface area contributed by atoms with Crippen LogP contribution in [0.3, 0.4) is 0 Å². The van der Waals surface area contributed by atoms with Crippen molar-refractivity contribution in [3.8, 4) is 0 Å². The number of allylic oxidation sites excluding steroid dienone is 3. The Hall–Kier alpha value is -1.05. The minimum atomic E-state index is 0.472. The SMILES string of the molecule is CC(C)=C1CC=C(COC=O)CC1. The molecule has 0 spiro atoms. The van der Waals surface area contributed by atoms with E-state index in [0.29, 0.717) is 13.1 Å². The fourth-order valence-electron chi connectivity index (χ4n) is 1.51. The summed E-state index contributed by atoms with van der Waals surface area (Å²) in [4.78, 5) is 9.96. The minimum Gasteiger partial charge on any atom is -0.463 e. The topological polar surface area (TPSA) is 26.3 Å². The Bertz CT molecular complexity index is 245. The lowest BCUT2D eigenvalue weighted by molar-refractivity contribution is -0.127. The highest BCUT2D eigenvalue weighted by Crippen LogP contribution is 2.25. The maximum atomic E-state index is 9.96. The molecule has 1 aliphatic carbocycles. The first kappa shape index (κ1) is 10.0. The zero-order valence-corrected chi connectivity index (χ0v) is 8.30. The highest BCUT2D eigenvalue weighted by molar-refractivity contribution is 5.38. The van der Waals surface area contributed by atoms with Crippen LogP contribution in [0, 0.1) is 0 Å². The van der Waals surface area contributed by atoms with Gasteiger partial charge in [-0.3, -0.25) is 4.79 Å². The van der Waals surface area contributed by atoms with Crippen molar-refractivity contribution >= 4 is 6.47 Å². The van der Waals surface area contributed by atoms with Gasteiger partial charge in [-0.2, -0.15) is 0 Å². The Balaban J connectivity index is 2.48. The number of rotatable bonds is 3. The Kier molecular flexibility index (Phi) is 3.74. The fourth-order valence-corrected chi connectivity index (χ4v) is 1.51. The molecule has 0 amide bonds. The lowest BCUT2D eigenvalue weighted by Gasteiger charge is -2.16. The van der Waals surface area contributed by atoms with Gasteiger partial charge in [-0.05, 0) is 38.7 Å². The van der Waals surface area contributed by atoms with Crippen LogP contribution in [0.5, 0.6) is 0 Å². The second-order valence-electron chi connectivity index (χ2n) is 3.58. The molecule has 0 saturated heterocycles. The van der Waals surface area contributed by atoms with E-state index in [2.05, 4.69) is 19.9 Å². The number of carbonyl (C=O) groups is 1. The first-order valence-electron chi connectivity index (χ1n) is 4.62. The smallest absolute Gasteiger partial charge is 0.293 e. The lowest BCUT2D eigenvalue weighted by atomic mass is 9.92. The molecule has 0 bridgehead atoms. The molecule has 0 aromatic rings. The Morgan fingerprint density at radius 2 is 2.31 bits per heavy atom. The molecule has 0 aromatic carbocycles. The molecule has 1 aliphatic rings. The summed E-state index contributed by atoms with van der Waals surface area (Å²) in [5.41, 5.74) is 4.19.